The minimum Gasteiger partial charge on any atom is -0.379 e. The van der Waals surface area contributed by atoms with Crippen molar-refractivity contribution < 1.29 is 9.47 Å². The second-order valence-corrected chi connectivity index (χ2v) is 7.20. The molecule has 1 saturated heterocycles. The smallest absolute Gasteiger partial charge is 0.0730 e. The number of hydrogen-bond acceptors (Lipinski definition) is 3. The molecule has 0 bridgehead atoms. The largest absolute Gasteiger partial charge is 0.379 e. The third-order valence-corrected chi connectivity index (χ3v) is 5.35. The molecule has 0 aromatic heterocycles. The van der Waals surface area contributed by atoms with E-state index in [9.17, 15) is 0 Å². The van der Waals surface area contributed by atoms with Gasteiger partial charge in [-0.2, -0.15) is 0 Å². The van der Waals surface area contributed by atoms with Crippen LogP contribution in [0.4, 0.5) is 0 Å². The van der Waals surface area contributed by atoms with Crippen molar-refractivity contribution in [1.82, 2.24) is 4.90 Å². The van der Waals surface area contributed by atoms with Crippen LogP contribution in [0.2, 0.25) is 0 Å². The maximum Gasteiger partial charge on any atom is 0.0730 e. The van der Waals surface area contributed by atoms with Crippen molar-refractivity contribution in [3.05, 3.63) is 34.3 Å². The summed E-state index contributed by atoms with van der Waals surface area (Å²) in [6.07, 6.45) is 6.55. The van der Waals surface area contributed by atoms with Gasteiger partial charge >= 0.3 is 0 Å². The fraction of sp³-hybridized carbons (Fsp3) is 0.667. The monoisotopic (exact) mass is 367 g/mol. The fourth-order valence-corrected chi connectivity index (χ4v) is 3.84. The van der Waals surface area contributed by atoms with Crippen LogP contribution >= 0.6 is 15.9 Å². The van der Waals surface area contributed by atoms with E-state index in [1.54, 1.807) is 0 Å². The Labute approximate surface area is 142 Å². The fourth-order valence-electron chi connectivity index (χ4n) is 3.58. The summed E-state index contributed by atoms with van der Waals surface area (Å²) in [7, 11) is 0. The van der Waals surface area contributed by atoms with E-state index in [1.807, 2.05) is 0 Å². The van der Waals surface area contributed by atoms with Gasteiger partial charge in [-0.1, -0.05) is 40.9 Å². The summed E-state index contributed by atoms with van der Waals surface area (Å²) in [5.41, 5.74) is 1.35. The highest BCUT2D eigenvalue weighted by Gasteiger charge is 2.31. The lowest BCUT2D eigenvalue weighted by Gasteiger charge is -2.41. The number of halogens is 1. The van der Waals surface area contributed by atoms with Crippen LogP contribution < -0.4 is 0 Å². The molecule has 3 rings (SSSR count). The maximum atomic E-state index is 6.29. The standard InChI is InChI=1S/C18H26BrNO2/c19-16-7-5-15(6-8-16)9-12-22-18-4-2-1-3-17(18)20-10-13-21-14-11-20/h5-8,17-18H,1-4,9-14H2/t17?,18-/m0/s1. The van der Waals surface area contributed by atoms with Crippen LogP contribution in [0, 0.1) is 0 Å². The minimum atomic E-state index is 0.405. The third kappa shape index (κ3) is 4.54. The van der Waals surface area contributed by atoms with Crippen LogP contribution in [0.25, 0.3) is 0 Å². The van der Waals surface area contributed by atoms with Gasteiger partial charge in [0.2, 0.25) is 0 Å². The highest BCUT2D eigenvalue weighted by Crippen LogP contribution is 2.26. The van der Waals surface area contributed by atoms with Gasteiger partial charge in [-0.05, 0) is 37.0 Å². The Bertz CT molecular complexity index is 445. The van der Waals surface area contributed by atoms with Gasteiger partial charge < -0.3 is 9.47 Å². The van der Waals surface area contributed by atoms with Crippen molar-refractivity contribution >= 4 is 15.9 Å². The number of morpholine rings is 1. The third-order valence-electron chi connectivity index (χ3n) is 4.82. The summed E-state index contributed by atoms with van der Waals surface area (Å²) in [6.45, 7) is 4.71. The van der Waals surface area contributed by atoms with E-state index in [0.29, 0.717) is 12.1 Å². The molecular formula is C18H26BrNO2. The summed E-state index contributed by atoms with van der Waals surface area (Å²) >= 11 is 3.48. The molecule has 4 heteroatoms. The van der Waals surface area contributed by atoms with Crippen LogP contribution in [0.5, 0.6) is 0 Å². The molecule has 2 atom stereocenters. The first-order chi connectivity index (χ1) is 10.8. The van der Waals surface area contributed by atoms with Crippen molar-refractivity contribution in [1.29, 1.82) is 0 Å². The van der Waals surface area contributed by atoms with Gasteiger partial charge in [0.15, 0.2) is 0 Å². The van der Waals surface area contributed by atoms with Crippen molar-refractivity contribution in [3.8, 4) is 0 Å². The Kier molecular flexibility index (Phi) is 6.30. The molecule has 1 aliphatic heterocycles. The molecule has 1 unspecified atom stereocenters. The quantitative estimate of drug-likeness (QED) is 0.792. The lowest BCUT2D eigenvalue weighted by Crippen LogP contribution is -2.51. The van der Waals surface area contributed by atoms with Crippen molar-refractivity contribution in [2.45, 2.75) is 44.2 Å². The van der Waals surface area contributed by atoms with Crippen molar-refractivity contribution in [2.75, 3.05) is 32.9 Å². The van der Waals surface area contributed by atoms with Crippen LogP contribution in [-0.4, -0.2) is 50.0 Å². The summed E-state index contributed by atoms with van der Waals surface area (Å²) < 4.78 is 12.9. The van der Waals surface area contributed by atoms with Crippen LogP contribution in [-0.2, 0) is 15.9 Å². The molecule has 3 nitrogen and oxygen atoms in total. The predicted octanol–water partition coefficient (Wildman–Crippen LogP) is 3.65. The molecule has 0 radical (unpaired) electrons. The molecule has 0 amide bonds. The zero-order chi connectivity index (χ0) is 15.2. The first-order valence-corrected chi connectivity index (χ1v) is 9.30. The molecule has 22 heavy (non-hydrogen) atoms. The SMILES string of the molecule is Brc1ccc(CCO[C@H]2CCCCC2N2CCOCC2)cc1. The Morgan fingerprint density at radius 3 is 2.59 bits per heavy atom. The normalized spacial score (nSPS) is 27.0. The predicted molar refractivity (Wildman–Crippen MR) is 92.2 cm³/mol. The Balaban J connectivity index is 1.49. The molecule has 1 saturated carbocycles. The van der Waals surface area contributed by atoms with Gasteiger partial charge in [0, 0.05) is 23.6 Å². The molecular weight excluding hydrogens is 342 g/mol. The summed E-state index contributed by atoms with van der Waals surface area (Å²) in [5, 5.41) is 0. The Morgan fingerprint density at radius 1 is 1.09 bits per heavy atom. The summed E-state index contributed by atoms with van der Waals surface area (Å²) in [4.78, 5) is 2.59. The number of nitrogens with zero attached hydrogens (tertiary/aromatic N) is 1. The molecule has 0 N–H and O–H groups in total. The van der Waals surface area contributed by atoms with E-state index in [-0.39, 0.29) is 0 Å². The summed E-state index contributed by atoms with van der Waals surface area (Å²) in [6, 6.07) is 9.16. The Hall–Kier alpha value is -0.420. The van der Waals surface area contributed by atoms with Crippen molar-refractivity contribution in [2.24, 2.45) is 0 Å². The van der Waals surface area contributed by atoms with Crippen LogP contribution in [0.3, 0.4) is 0 Å². The van der Waals surface area contributed by atoms with Gasteiger partial charge in [-0.3, -0.25) is 4.90 Å². The minimum absolute atomic E-state index is 0.405. The van der Waals surface area contributed by atoms with E-state index in [2.05, 4.69) is 45.1 Å². The molecule has 2 fully saturated rings. The molecule has 1 aliphatic carbocycles. The zero-order valence-electron chi connectivity index (χ0n) is 13.2. The van der Waals surface area contributed by atoms with Gasteiger partial charge in [0.1, 0.15) is 0 Å². The van der Waals surface area contributed by atoms with E-state index in [4.69, 9.17) is 9.47 Å². The van der Waals surface area contributed by atoms with E-state index in [1.165, 1.54) is 31.2 Å². The van der Waals surface area contributed by atoms with E-state index >= 15 is 0 Å². The van der Waals surface area contributed by atoms with Gasteiger partial charge in [0.05, 0.1) is 25.9 Å². The number of hydrogen-bond donors (Lipinski definition) is 0. The van der Waals surface area contributed by atoms with Crippen LogP contribution in [0.15, 0.2) is 28.7 Å². The zero-order valence-corrected chi connectivity index (χ0v) is 14.8. The van der Waals surface area contributed by atoms with E-state index < -0.39 is 0 Å². The highest BCUT2D eigenvalue weighted by atomic mass is 79.9. The lowest BCUT2D eigenvalue weighted by atomic mass is 9.91. The molecule has 0 spiro atoms. The average Bonchev–Trinajstić information content (AvgIpc) is 2.58. The second kappa shape index (κ2) is 8.44. The number of benzene rings is 1. The first-order valence-electron chi connectivity index (χ1n) is 8.51. The second-order valence-electron chi connectivity index (χ2n) is 6.29. The average molecular weight is 368 g/mol. The topological polar surface area (TPSA) is 21.7 Å². The Morgan fingerprint density at radius 2 is 1.82 bits per heavy atom. The van der Waals surface area contributed by atoms with Gasteiger partial charge in [0.25, 0.3) is 0 Å². The first kappa shape index (κ1) is 16.4. The maximum absolute atomic E-state index is 6.29. The molecule has 122 valence electrons. The van der Waals surface area contributed by atoms with Gasteiger partial charge in [-0.25, -0.2) is 0 Å². The number of ether oxygens (including phenoxy) is 2. The molecule has 2 aliphatic rings. The summed E-state index contributed by atoms with van der Waals surface area (Å²) in [5.74, 6) is 0. The van der Waals surface area contributed by atoms with E-state index in [0.717, 1.165) is 43.8 Å². The molecule has 1 heterocycles. The lowest BCUT2D eigenvalue weighted by molar-refractivity contribution is -0.0647. The molecule has 1 aromatic rings. The molecule has 1 aromatic carbocycles. The van der Waals surface area contributed by atoms with Crippen molar-refractivity contribution in [3.63, 3.8) is 0 Å². The highest BCUT2D eigenvalue weighted by molar-refractivity contribution is 9.10. The van der Waals surface area contributed by atoms with Crippen LogP contribution in [0.1, 0.15) is 31.2 Å². The number of rotatable bonds is 5. The van der Waals surface area contributed by atoms with Gasteiger partial charge in [-0.15, -0.1) is 0 Å².